The Kier molecular flexibility index (Phi) is 5.07. The number of ether oxygens (including phenoxy) is 1. The number of rotatable bonds is 5. The minimum atomic E-state index is -0.593. The van der Waals surface area contributed by atoms with Crippen molar-refractivity contribution in [2.45, 2.75) is 27.2 Å². The number of nitrogens with zero attached hydrogens (tertiary/aromatic N) is 3. The average Bonchev–Trinajstić information content (AvgIpc) is 3.01. The van der Waals surface area contributed by atoms with E-state index in [2.05, 4.69) is 0 Å². The summed E-state index contributed by atoms with van der Waals surface area (Å²) < 4.78 is 5.26. The Hall–Kier alpha value is -2.62. The summed E-state index contributed by atoms with van der Waals surface area (Å²) in [4.78, 5) is 24.8. The van der Waals surface area contributed by atoms with Gasteiger partial charge < -0.3 is 9.64 Å². The van der Waals surface area contributed by atoms with E-state index in [1.54, 1.807) is 13.0 Å². The highest BCUT2D eigenvalue weighted by Gasteiger charge is 2.48. The second-order valence-corrected chi connectivity index (χ2v) is 6.27. The van der Waals surface area contributed by atoms with Gasteiger partial charge in [-0.3, -0.25) is 14.9 Å². The normalized spacial score (nSPS) is 20.0. The van der Waals surface area contributed by atoms with Crippen LogP contribution in [0.2, 0.25) is 0 Å². The fraction of sp³-hybridized carbons (Fsp3) is 0.529. The van der Waals surface area contributed by atoms with Crippen molar-refractivity contribution in [2.24, 2.45) is 11.3 Å². The zero-order chi connectivity index (χ0) is 17.9. The van der Waals surface area contributed by atoms with Crippen LogP contribution in [0.5, 0.6) is 0 Å². The van der Waals surface area contributed by atoms with E-state index in [0.717, 1.165) is 0 Å². The van der Waals surface area contributed by atoms with Gasteiger partial charge in [0.05, 0.1) is 16.9 Å². The predicted molar refractivity (Wildman–Crippen MR) is 88.5 cm³/mol. The largest absolute Gasteiger partial charge is 0.466 e. The number of anilines is 1. The van der Waals surface area contributed by atoms with Crippen molar-refractivity contribution in [1.82, 2.24) is 0 Å². The molecule has 7 nitrogen and oxygen atoms in total. The molecule has 1 saturated heterocycles. The van der Waals surface area contributed by atoms with Crippen LogP contribution in [-0.4, -0.2) is 30.6 Å². The summed E-state index contributed by atoms with van der Waals surface area (Å²) in [6.45, 7) is 7.23. The molecular formula is C17H21N3O4. The number of carbonyl (C=O) groups excluding carboxylic acids is 1. The van der Waals surface area contributed by atoms with Gasteiger partial charge in [0.15, 0.2) is 0 Å². The Labute approximate surface area is 141 Å². The van der Waals surface area contributed by atoms with E-state index in [9.17, 15) is 14.9 Å². The molecule has 0 N–H and O–H groups in total. The van der Waals surface area contributed by atoms with Crippen molar-refractivity contribution in [3.05, 3.63) is 33.9 Å². The highest BCUT2D eigenvalue weighted by Crippen LogP contribution is 2.41. The zero-order valence-corrected chi connectivity index (χ0v) is 14.1. The lowest BCUT2D eigenvalue weighted by atomic mass is 9.76. The molecule has 1 aliphatic heterocycles. The molecule has 1 aromatic rings. The maximum Gasteiger partial charge on any atom is 0.314 e. The first kappa shape index (κ1) is 17.7. The molecule has 1 fully saturated rings. The monoisotopic (exact) mass is 331 g/mol. The molecule has 1 atom stereocenters. The Morgan fingerprint density at radius 3 is 2.79 bits per heavy atom. The van der Waals surface area contributed by atoms with Crippen LogP contribution in [0.1, 0.15) is 32.8 Å². The van der Waals surface area contributed by atoms with Crippen LogP contribution in [0.15, 0.2) is 18.2 Å². The molecule has 0 radical (unpaired) electrons. The lowest BCUT2D eigenvalue weighted by Gasteiger charge is -2.31. The highest BCUT2D eigenvalue weighted by molar-refractivity contribution is 5.79. The molecule has 0 bridgehead atoms. The Morgan fingerprint density at radius 1 is 1.54 bits per heavy atom. The Morgan fingerprint density at radius 2 is 2.25 bits per heavy atom. The zero-order valence-electron chi connectivity index (χ0n) is 14.1. The van der Waals surface area contributed by atoms with Gasteiger partial charge in [-0.2, -0.15) is 5.26 Å². The van der Waals surface area contributed by atoms with Gasteiger partial charge in [-0.25, -0.2) is 0 Å². The van der Waals surface area contributed by atoms with Crippen LogP contribution in [0.4, 0.5) is 11.4 Å². The van der Waals surface area contributed by atoms with E-state index in [0.29, 0.717) is 31.8 Å². The Balaban J connectivity index is 2.31. The number of nitriles is 1. The summed E-state index contributed by atoms with van der Waals surface area (Å²) in [6.07, 6.45) is 0.655. The molecule has 0 amide bonds. The lowest BCUT2D eigenvalue weighted by molar-refractivity contribution is -0.385. The summed E-state index contributed by atoms with van der Waals surface area (Å²) in [5.74, 6) is -0.0973. The number of hydrogen-bond acceptors (Lipinski definition) is 6. The van der Waals surface area contributed by atoms with Gasteiger partial charge in [0.1, 0.15) is 11.6 Å². The molecule has 2 rings (SSSR count). The lowest BCUT2D eigenvalue weighted by Crippen LogP contribution is -2.40. The van der Waals surface area contributed by atoms with Gasteiger partial charge in [-0.1, -0.05) is 13.8 Å². The van der Waals surface area contributed by atoms with Gasteiger partial charge in [0, 0.05) is 24.8 Å². The molecule has 1 unspecified atom stereocenters. The molecule has 1 heterocycles. The van der Waals surface area contributed by atoms with Crippen molar-refractivity contribution in [3.63, 3.8) is 0 Å². The second kappa shape index (κ2) is 6.87. The Bertz CT molecular complexity index is 696. The molecule has 1 aliphatic rings. The van der Waals surface area contributed by atoms with Crippen LogP contribution in [-0.2, 0) is 9.53 Å². The molecule has 0 aliphatic carbocycles. The van der Waals surface area contributed by atoms with Crippen molar-refractivity contribution in [3.8, 4) is 6.07 Å². The van der Waals surface area contributed by atoms with E-state index in [1.807, 2.05) is 24.8 Å². The van der Waals surface area contributed by atoms with Crippen molar-refractivity contribution in [2.75, 3.05) is 24.6 Å². The summed E-state index contributed by atoms with van der Waals surface area (Å²) in [5, 5.41) is 20.1. The van der Waals surface area contributed by atoms with Crippen LogP contribution in [0.3, 0.4) is 0 Å². The van der Waals surface area contributed by atoms with E-state index in [-0.39, 0.29) is 23.1 Å². The number of esters is 1. The first-order valence-corrected chi connectivity index (χ1v) is 7.96. The second-order valence-electron chi connectivity index (χ2n) is 6.27. The standard InChI is InChI=1S/C17H21N3O4/c1-4-24-16(21)17(12(2)3)7-8-19(11-17)14-5-6-15(20(22)23)13(9-14)10-18/h5-6,9,12H,4,7-8,11H2,1-3H3. The van der Waals surface area contributed by atoms with Crippen molar-refractivity contribution in [1.29, 1.82) is 5.26 Å². The fourth-order valence-electron chi connectivity index (χ4n) is 3.17. The molecule has 0 aromatic heterocycles. The molecule has 0 saturated carbocycles. The molecular weight excluding hydrogens is 310 g/mol. The quantitative estimate of drug-likeness (QED) is 0.467. The molecule has 1 aromatic carbocycles. The molecule has 0 spiro atoms. The SMILES string of the molecule is CCOC(=O)C1(C(C)C)CCN(c2ccc([N+](=O)[O-])c(C#N)c2)C1. The number of carbonyl (C=O) groups is 1. The minimum absolute atomic E-state index is 0.0238. The van der Waals surface area contributed by atoms with Crippen LogP contribution in [0, 0.1) is 32.8 Å². The number of hydrogen-bond donors (Lipinski definition) is 0. The number of benzene rings is 1. The van der Waals surface area contributed by atoms with Gasteiger partial charge in [-0.15, -0.1) is 0 Å². The fourth-order valence-corrected chi connectivity index (χ4v) is 3.17. The first-order valence-electron chi connectivity index (χ1n) is 7.96. The van der Waals surface area contributed by atoms with E-state index >= 15 is 0 Å². The third-order valence-electron chi connectivity index (χ3n) is 4.75. The average molecular weight is 331 g/mol. The van der Waals surface area contributed by atoms with Crippen LogP contribution < -0.4 is 4.90 Å². The topological polar surface area (TPSA) is 96.5 Å². The van der Waals surface area contributed by atoms with E-state index < -0.39 is 10.3 Å². The first-order chi connectivity index (χ1) is 11.4. The van der Waals surface area contributed by atoms with Crippen LogP contribution in [0.25, 0.3) is 0 Å². The maximum absolute atomic E-state index is 12.5. The minimum Gasteiger partial charge on any atom is -0.466 e. The van der Waals surface area contributed by atoms with Gasteiger partial charge in [-0.05, 0) is 31.4 Å². The maximum atomic E-state index is 12.5. The summed E-state index contributed by atoms with van der Waals surface area (Å²) >= 11 is 0. The van der Waals surface area contributed by atoms with Gasteiger partial charge in [0.2, 0.25) is 0 Å². The van der Waals surface area contributed by atoms with Crippen molar-refractivity contribution >= 4 is 17.3 Å². The van der Waals surface area contributed by atoms with Crippen LogP contribution >= 0.6 is 0 Å². The predicted octanol–water partition coefficient (Wildman–Crippen LogP) is 2.88. The summed E-state index contributed by atoms with van der Waals surface area (Å²) in [6, 6.07) is 6.35. The van der Waals surface area contributed by atoms with Gasteiger partial charge >= 0.3 is 5.97 Å². The summed E-state index contributed by atoms with van der Waals surface area (Å²) in [7, 11) is 0. The van der Waals surface area contributed by atoms with Gasteiger partial charge in [0.25, 0.3) is 5.69 Å². The molecule has 7 heteroatoms. The number of nitro groups is 1. The highest BCUT2D eigenvalue weighted by atomic mass is 16.6. The smallest absolute Gasteiger partial charge is 0.314 e. The molecule has 24 heavy (non-hydrogen) atoms. The van der Waals surface area contributed by atoms with Crippen molar-refractivity contribution < 1.29 is 14.5 Å². The third kappa shape index (κ3) is 3.04. The number of nitro benzene ring substituents is 1. The van der Waals surface area contributed by atoms with E-state index in [1.165, 1.54) is 12.1 Å². The third-order valence-corrected chi connectivity index (χ3v) is 4.75. The van der Waals surface area contributed by atoms with E-state index in [4.69, 9.17) is 10.00 Å². The summed E-state index contributed by atoms with van der Waals surface area (Å²) in [5.41, 5.74) is -0.0643. The molecule has 128 valence electrons.